The van der Waals surface area contributed by atoms with Gasteiger partial charge in [0.15, 0.2) is 0 Å². The molecule has 0 bridgehead atoms. The molecule has 1 aromatic rings. The second-order valence-electron chi connectivity index (χ2n) is 7.96. The maximum atomic E-state index is 13.2. The Morgan fingerprint density at radius 3 is 2.56 bits per heavy atom. The van der Waals surface area contributed by atoms with E-state index >= 15 is 0 Å². The van der Waals surface area contributed by atoms with Gasteiger partial charge in [0.1, 0.15) is 5.82 Å². The fraction of sp³-hybridized carbons (Fsp3) is 0.632. The Balaban J connectivity index is 0.00000312. The molecule has 1 aromatic carbocycles. The molecule has 4 nitrogen and oxygen atoms in total. The summed E-state index contributed by atoms with van der Waals surface area (Å²) in [5, 5.41) is 6.49. The lowest BCUT2D eigenvalue weighted by Crippen LogP contribution is -2.53. The van der Waals surface area contributed by atoms with Gasteiger partial charge in [0, 0.05) is 25.7 Å². The van der Waals surface area contributed by atoms with Crippen LogP contribution in [0.4, 0.5) is 4.39 Å². The van der Waals surface area contributed by atoms with E-state index in [9.17, 15) is 9.18 Å². The molecule has 0 aromatic heterocycles. The molecule has 1 fully saturated rings. The third-order valence-electron chi connectivity index (χ3n) is 4.41. The molecular formula is C19H31ClFN3O. The van der Waals surface area contributed by atoms with Crippen molar-refractivity contribution in [3.8, 4) is 0 Å². The highest BCUT2D eigenvalue weighted by atomic mass is 35.5. The standard InChI is InChI=1S/C19H30FN3O.ClH/c1-14-12-21-9-10-23(14)13-18(24)22-17(11-19(2,3)4)15-5-7-16(20)8-6-15;/h5-8,14,17,21H,9-13H2,1-4H3,(H,22,24);1H/t14-,17?;/m1./s1. The van der Waals surface area contributed by atoms with Crippen LogP contribution in [0.2, 0.25) is 0 Å². The first-order chi connectivity index (χ1) is 11.2. The normalized spacial score (nSPS) is 19.8. The van der Waals surface area contributed by atoms with Gasteiger partial charge >= 0.3 is 0 Å². The van der Waals surface area contributed by atoms with Crippen LogP contribution in [0.15, 0.2) is 24.3 Å². The second-order valence-corrected chi connectivity index (χ2v) is 7.96. The molecule has 1 heterocycles. The maximum Gasteiger partial charge on any atom is 0.234 e. The molecule has 1 unspecified atom stereocenters. The van der Waals surface area contributed by atoms with Crippen molar-refractivity contribution in [2.45, 2.75) is 46.2 Å². The van der Waals surface area contributed by atoms with E-state index in [-0.39, 0.29) is 35.6 Å². The smallest absolute Gasteiger partial charge is 0.234 e. The number of carbonyl (C=O) groups excluding carboxylic acids is 1. The van der Waals surface area contributed by atoms with Gasteiger partial charge < -0.3 is 10.6 Å². The van der Waals surface area contributed by atoms with Gasteiger partial charge in [-0.2, -0.15) is 0 Å². The van der Waals surface area contributed by atoms with E-state index in [4.69, 9.17) is 0 Å². The van der Waals surface area contributed by atoms with E-state index in [1.54, 1.807) is 12.1 Å². The Morgan fingerprint density at radius 2 is 2.00 bits per heavy atom. The number of halogens is 2. The molecule has 142 valence electrons. The third kappa shape index (κ3) is 7.30. The Bertz CT molecular complexity index is 545. The van der Waals surface area contributed by atoms with E-state index in [1.165, 1.54) is 12.1 Å². The number of nitrogens with zero attached hydrogens (tertiary/aromatic N) is 1. The number of amides is 1. The van der Waals surface area contributed by atoms with Crippen LogP contribution in [0.5, 0.6) is 0 Å². The number of rotatable bonds is 5. The van der Waals surface area contributed by atoms with E-state index in [0.717, 1.165) is 31.6 Å². The predicted octanol–water partition coefficient (Wildman–Crippen LogP) is 3.13. The van der Waals surface area contributed by atoms with Gasteiger partial charge in [-0.1, -0.05) is 32.9 Å². The number of nitrogens with one attached hydrogen (secondary N) is 2. The average molecular weight is 372 g/mol. The summed E-state index contributed by atoms with van der Waals surface area (Å²) in [6, 6.07) is 6.69. The van der Waals surface area contributed by atoms with E-state index in [0.29, 0.717) is 12.6 Å². The van der Waals surface area contributed by atoms with Crippen molar-refractivity contribution in [3.05, 3.63) is 35.6 Å². The highest BCUT2D eigenvalue weighted by Crippen LogP contribution is 2.29. The van der Waals surface area contributed by atoms with Crippen molar-refractivity contribution < 1.29 is 9.18 Å². The molecule has 0 spiro atoms. The first kappa shape index (κ1) is 21.9. The van der Waals surface area contributed by atoms with Crippen molar-refractivity contribution in [1.82, 2.24) is 15.5 Å². The Hall–Kier alpha value is -1.17. The first-order valence-corrected chi connectivity index (χ1v) is 8.74. The molecular weight excluding hydrogens is 341 g/mol. The molecule has 2 atom stereocenters. The quantitative estimate of drug-likeness (QED) is 0.835. The van der Waals surface area contributed by atoms with Crippen LogP contribution in [0.3, 0.4) is 0 Å². The summed E-state index contributed by atoms with van der Waals surface area (Å²) >= 11 is 0. The SMILES string of the molecule is C[C@@H]1CNCCN1CC(=O)NC(CC(C)(C)C)c1ccc(F)cc1.Cl. The van der Waals surface area contributed by atoms with Crippen molar-refractivity contribution in [2.24, 2.45) is 5.41 Å². The molecule has 2 rings (SSSR count). The zero-order valence-corrected chi connectivity index (χ0v) is 16.5. The van der Waals surface area contributed by atoms with Crippen LogP contribution in [-0.4, -0.2) is 43.0 Å². The molecule has 0 radical (unpaired) electrons. The molecule has 1 amide bonds. The predicted molar refractivity (Wildman–Crippen MR) is 103 cm³/mol. The van der Waals surface area contributed by atoms with E-state index in [1.807, 2.05) is 0 Å². The number of hydrogen-bond acceptors (Lipinski definition) is 3. The van der Waals surface area contributed by atoms with Gasteiger partial charge in [-0.15, -0.1) is 12.4 Å². The fourth-order valence-corrected chi connectivity index (χ4v) is 3.10. The highest BCUT2D eigenvalue weighted by Gasteiger charge is 2.25. The summed E-state index contributed by atoms with van der Waals surface area (Å²) in [6.45, 7) is 11.7. The number of hydrogen-bond donors (Lipinski definition) is 2. The number of benzene rings is 1. The Morgan fingerprint density at radius 1 is 1.36 bits per heavy atom. The van der Waals surface area contributed by atoms with Crippen LogP contribution in [0.1, 0.15) is 45.7 Å². The number of carbonyl (C=O) groups is 1. The minimum absolute atomic E-state index is 0. The fourth-order valence-electron chi connectivity index (χ4n) is 3.10. The van der Waals surface area contributed by atoms with Gasteiger partial charge in [-0.05, 0) is 36.5 Å². The molecule has 25 heavy (non-hydrogen) atoms. The maximum absolute atomic E-state index is 13.2. The van der Waals surface area contributed by atoms with Crippen LogP contribution < -0.4 is 10.6 Å². The zero-order chi connectivity index (χ0) is 17.7. The van der Waals surface area contributed by atoms with Crippen molar-refractivity contribution in [2.75, 3.05) is 26.2 Å². The van der Waals surface area contributed by atoms with Crippen molar-refractivity contribution >= 4 is 18.3 Å². The van der Waals surface area contributed by atoms with Crippen LogP contribution in [0.25, 0.3) is 0 Å². The Labute approximate surface area is 157 Å². The summed E-state index contributed by atoms with van der Waals surface area (Å²) in [6.07, 6.45) is 0.807. The number of piperazine rings is 1. The molecule has 0 saturated carbocycles. The van der Waals surface area contributed by atoms with E-state index < -0.39 is 0 Å². The third-order valence-corrected chi connectivity index (χ3v) is 4.41. The van der Waals surface area contributed by atoms with E-state index in [2.05, 4.69) is 43.2 Å². The van der Waals surface area contributed by atoms with Gasteiger partial charge in [0.2, 0.25) is 5.91 Å². The topological polar surface area (TPSA) is 44.4 Å². The summed E-state index contributed by atoms with van der Waals surface area (Å²) < 4.78 is 13.2. The minimum atomic E-state index is -0.255. The van der Waals surface area contributed by atoms with Crippen LogP contribution in [-0.2, 0) is 4.79 Å². The molecule has 1 saturated heterocycles. The monoisotopic (exact) mass is 371 g/mol. The minimum Gasteiger partial charge on any atom is -0.348 e. The molecule has 6 heteroatoms. The van der Waals surface area contributed by atoms with Gasteiger partial charge in [-0.25, -0.2) is 4.39 Å². The molecule has 0 aliphatic carbocycles. The highest BCUT2D eigenvalue weighted by molar-refractivity contribution is 5.85. The summed E-state index contributed by atoms with van der Waals surface area (Å²) in [5.74, 6) is -0.225. The average Bonchev–Trinajstić information content (AvgIpc) is 2.48. The second kappa shape index (κ2) is 9.51. The van der Waals surface area contributed by atoms with Crippen LogP contribution in [0, 0.1) is 11.2 Å². The van der Waals surface area contributed by atoms with Gasteiger partial charge in [0.05, 0.1) is 12.6 Å². The zero-order valence-electron chi connectivity index (χ0n) is 15.6. The molecule has 1 aliphatic rings. The van der Waals surface area contributed by atoms with Gasteiger partial charge in [-0.3, -0.25) is 9.69 Å². The first-order valence-electron chi connectivity index (χ1n) is 8.74. The summed E-state index contributed by atoms with van der Waals surface area (Å²) in [5.41, 5.74) is 1.02. The van der Waals surface area contributed by atoms with Crippen LogP contribution >= 0.6 is 12.4 Å². The largest absolute Gasteiger partial charge is 0.348 e. The molecule has 1 aliphatic heterocycles. The lowest BCUT2D eigenvalue weighted by Gasteiger charge is -2.34. The summed E-state index contributed by atoms with van der Waals surface area (Å²) in [7, 11) is 0. The van der Waals surface area contributed by atoms with Crippen molar-refractivity contribution in [3.63, 3.8) is 0 Å². The Kier molecular flexibility index (Phi) is 8.32. The lowest BCUT2D eigenvalue weighted by atomic mass is 9.85. The molecule has 2 N–H and O–H groups in total. The van der Waals surface area contributed by atoms with Gasteiger partial charge in [0.25, 0.3) is 0 Å². The van der Waals surface area contributed by atoms with Crippen molar-refractivity contribution in [1.29, 1.82) is 0 Å². The lowest BCUT2D eigenvalue weighted by molar-refractivity contribution is -0.123. The summed E-state index contributed by atoms with van der Waals surface area (Å²) in [4.78, 5) is 14.7.